The summed E-state index contributed by atoms with van der Waals surface area (Å²) in [6, 6.07) is 7.07. The van der Waals surface area contributed by atoms with Crippen LogP contribution in [0.4, 0.5) is 0 Å². The van der Waals surface area contributed by atoms with Gasteiger partial charge >= 0.3 is 0 Å². The van der Waals surface area contributed by atoms with E-state index in [2.05, 4.69) is 0 Å². The Bertz CT molecular complexity index is 421. The van der Waals surface area contributed by atoms with Crippen LogP contribution in [0.2, 0.25) is 5.02 Å². The SMILES string of the molecule is CN(C)CC(Oc1ccc(Cl)cc1)C(=O)C(C)(C)C. The molecule has 0 saturated carbocycles. The topological polar surface area (TPSA) is 29.5 Å². The first kappa shape index (κ1) is 16.0. The molecule has 0 radical (unpaired) electrons. The minimum Gasteiger partial charge on any atom is -0.481 e. The predicted molar refractivity (Wildman–Crippen MR) is 78.9 cm³/mol. The number of carbonyl (C=O) groups is 1. The van der Waals surface area contributed by atoms with E-state index in [1.54, 1.807) is 24.3 Å². The Morgan fingerprint density at radius 3 is 2.21 bits per heavy atom. The van der Waals surface area contributed by atoms with E-state index in [1.165, 1.54) is 0 Å². The minimum atomic E-state index is -0.476. The summed E-state index contributed by atoms with van der Waals surface area (Å²) in [5.74, 6) is 0.755. The van der Waals surface area contributed by atoms with E-state index in [1.807, 2.05) is 39.8 Å². The van der Waals surface area contributed by atoms with Crippen molar-refractivity contribution in [3.63, 3.8) is 0 Å². The number of ketones is 1. The normalized spacial score (nSPS) is 13.4. The van der Waals surface area contributed by atoms with Crippen molar-refractivity contribution in [3.8, 4) is 5.75 Å². The Morgan fingerprint density at radius 2 is 1.79 bits per heavy atom. The molecule has 1 aromatic carbocycles. The van der Waals surface area contributed by atoms with Gasteiger partial charge in [-0.15, -0.1) is 0 Å². The molecule has 3 nitrogen and oxygen atoms in total. The molecular weight excluding hydrogens is 262 g/mol. The van der Waals surface area contributed by atoms with Gasteiger partial charge in [0.25, 0.3) is 0 Å². The highest BCUT2D eigenvalue weighted by Crippen LogP contribution is 2.22. The standard InChI is InChI=1S/C15H22ClNO2/c1-15(2,3)14(18)13(10-17(4)5)19-12-8-6-11(16)7-9-12/h6-9,13H,10H2,1-5H3. The van der Waals surface area contributed by atoms with Crippen LogP contribution >= 0.6 is 11.6 Å². The molecule has 0 N–H and O–H groups in total. The quantitative estimate of drug-likeness (QED) is 0.831. The summed E-state index contributed by atoms with van der Waals surface area (Å²) < 4.78 is 5.82. The van der Waals surface area contributed by atoms with Crippen molar-refractivity contribution in [1.82, 2.24) is 4.90 Å². The molecule has 0 bridgehead atoms. The van der Waals surface area contributed by atoms with Crippen molar-refractivity contribution in [2.75, 3.05) is 20.6 Å². The summed E-state index contributed by atoms with van der Waals surface area (Å²) >= 11 is 5.84. The number of nitrogens with zero attached hydrogens (tertiary/aromatic N) is 1. The lowest BCUT2D eigenvalue weighted by atomic mass is 9.87. The summed E-state index contributed by atoms with van der Waals surface area (Å²) in [4.78, 5) is 14.3. The highest BCUT2D eigenvalue weighted by atomic mass is 35.5. The highest BCUT2D eigenvalue weighted by molar-refractivity contribution is 6.30. The van der Waals surface area contributed by atoms with Crippen LogP contribution < -0.4 is 4.74 Å². The number of likely N-dealkylation sites (N-methyl/N-ethyl adjacent to an activating group) is 1. The van der Waals surface area contributed by atoms with E-state index in [-0.39, 0.29) is 5.78 Å². The summed E-state index contributed by atoms with van der Waals surface area (Å²) in [7, 11) is 3.85. The maximum atomic E-state index is 12.4. The Balaban J connectivity index is 2.86. The predicted octanol–water partition coefficient (Wildman–Crippen LogP) is 3.26. The van der Waals surface area contributed by atoms with Gasteiger partial charge in [0.15, 0.2) is 11.9 Å². The van der Waals surface area contributed by atoms with Gasteiger partial charge in [0.2, 0.25) is 0 Å². The monoisotopic (exact) mass is 283 g/mol. The molecule has 1 aromatic rings. The Kier molecular flexibility index (Phi) is 5.39. The van der Waals surface area contributed by atoms with Crippen LogP contribution in [0, 0.1) is 5.41 Å². The average molecular weight is 284 g/mol. The van der Waals surface area contributed by atoms with Crippen LogP contribution in [0.15, 0.2) is 24.3 Å². The number of benzene rings is 1. The van der Waals surface area contributed by atoms with Crippen LogP contribution in [0.1, 0.15) is 20.8 Å². The molecule has 19 heavy (non-hydrogen) atoms. The van der Waals surface area contributed by atoms with Gasteiger partial charge in [-0.1, -0.05) is 32.4 Å². The van der Waals surface area contributed by atoms with Gasteiger partial charge in [-0.05, 0) is 38.4 Å². The lowest BCUT2D eigenvalue weighted by molar-refractivity contribution is -0.134. The number of ether oxygens (including phenoxy) is 1. The van der Waals surface area contributed by atoms with Gasteiger partial charge in [0, 0.05) is 17.0 Å². The molecular formula is C15H22ClNO2. The third kappa shape index (κ3) is 5.21. The fraction of sp³-hybridized carbons (Fsp3) is 0.533. The fourth-order valence-electron chi connectivity index (χ4n) is 1.67. The molecule has 1 unspecified atom stereocenters. The first-order valence-electron chi connectivity index (χ1n) is 6.31. The number of halogens is 1. The molecule has 0 amide bonds. The highest BCUT2D eigenvalue weighted by Gasteiger charge is 2.31. The molecule has 0 aromatic heterocycles. The number of hydrogen-bond donors (Lipinski definition) is 0. The molecule has 0 fully saturated rings. The maximum absolute atomic E-state index is 12.4. The zero-order chi connectivity index (χ0) is 14.6. The smallest absolute Gasteiger partial charge is 0.179 e. The number of carbonyl (C=O) groups excluding carboxylic acids is 1. The third-order valence-corrected chi connectivity index (χ3v) is 2.91. The number of hydrogen-bond acceptors (Lipinski definition) is 3. The average Bonchev–Trinajstić information content (AvgIpc) is 2.28. The van der Waals surface area contributed by atoms with Gasteiger partial charge in [-0.25, -0.2) is 0 Å². The molecule has 0 heterocycles. The number of rotatable bonds is 5. The lowest BCUT2D eigenvalue weighted by Crippen LogP contribution is -2.43. The molecule has 0 spiro atoms. The van der Waals surface area contributed by atoms with Crippen LogP contribution in [0.3, 0.4) is 0 Å². The van der Waals surface area contributed by atoms with Crippen molar-refractivity contribution in [2.24, 2.45) is 5.41 Å². The van der Waals surface area contributed by atoms with Gasteiger partial charge < -0.3 is 9.64 Å². The minimum absolute atomic E-state index is 0.0937. The molecule has 4 heteroatoms. The first-order chi connectivity index (χ1) is 8.70. The van der Waals surface area contributed by atoms with E-state index in [0.29, 0.717) is 17.3 Å². The second-order valence-electron chi connectivity index (χ2n) is 5.94. The maximum Gasteiger partial charge on any atom is 0.179 e. The zero-order valence-electron chi connectivity index (χ0n) is 12.2. The molecule has 1 atom stereocenters. The largest absolute Gasteiger partial charge is 0.481 e. The van der Waals surface area contributed by atoms with E-state index >= 15 is 0 Å². The second-order valence-corrected chi connectivity index (χ2v) is 6.37. The van der Waals surface area contributed by atoms with E-state index in [0.717, 1.165) is 0 Å². The summed E-state index contributed by atoms with van der Waals surface area (Å²) in [5.41, 5.74) is -0.424. The summed E-state index contributed by atoms with van der Waals surface area (Å²) in [6.45, 7) is 6.27. The Morgan fingerprint density at radius 1 is 1.26 bits per heavy atom. The molecule has 0 aliphatic rings. The number of Topliss-reactive ketones (excluding diaryl/α,β-unsaturated/α-hetero) is 1. The first-order valence-corrected chi connectivity index (χ1v) is 6.69. The molecule has 0 saturated heterocycles. The van der Waals surface area contributed by atoms with E-state index in [4.69, 9.17) is 16.3 Å². The Labute approximate surface area is 120 Å². The second kappa shape index (κ2) is 6.40. The van der Waals surface area contributed by atoms with Crippen molar-refractivity contribution in [1.29, 1.82) is 0 Å². The molecule has 106 valence electrons. The van der Waals surface area contributed by atoms with Gasteiger partial charge in [0.05, 0.1) is 0 Å². The summed E-state index contributed by atoms with van der Waals surface area (Å²) in [6.07, 6.45) is -0.476. The molecule has 0 aliphatic carbocycles. The van der Waals surface area contributed by atoms with Crippen LogP contribution in [0.25, 0.3) is 0 Å². The van der Waals surface area contributed by atoms with Crippen molar-refractivity contribution in [3.05, 3.63) is 29.3 Å². The lowest BCUT2D eigenvalue weighted by Gasteiger charge is -2.27. The molecule has 1 rings (SSSR count). The van der Waals surface area contributed by atoms with E-state index in [9.17, 15) is 4.79 Å². The van der Waals surface area contributed by atoms with Crippen LogP contribution in [0.5, 0.6) is 5.75 Å². The van der Waals surface area contributed by atoms with Crippen molar-refractivity contribution >= 4 is 17.4 Å². The van der Waals surface area contributed by atoms with Crippen LogP contribution in [-0.2, 0) is 4.79 Å². The Hall–Kier alpha value is -1.06. The fourth-order valence-corrected chi connectivity index (χ4v) is 1.79. The van der Waals surface area contributed by atoms with Gasteiger partial charge in [-0.2, -0.15) is 0 Å². The van der Waals surface area contributed by atoms with E-state index < -0.39 is 11.5 Å². The summed E-state index contributed by atoms with van der Waals surface area (Å²) in [5, 5.41) is 0.652. The van der Waals surface area contributed by atoms with Crippen molar-refractivity contribution in [2.45, 2.75) is 26.9 Å². The van der Waals surface area contributed by atoms with Crippen molar-refractivity contribution < 1.29 is 9.53 Å². The third-order valence-electron chi connectivity index (χ3n) is 2.65. The zero-order valence-corrected chi connectivity index (χ0v) is 13.0. The van der Waals surface area contributed by atoms with Gasteiger partial charge in [0.1, 0.15) is 5.75 Å². The van der Waals surface area contributed by atoms with Gasteiger partial charge in [-0.3, -0.25) is 4.79 Å². The van der Waals surface area contributed by atoms with Crippen LogP contribution in [-0.4, -0.2) is 37.4 Å². The molecule has 0 aliphatic heterocycles.